The standard InChI is InChI=1S/C21H28N4O4.C2H6.CH3F/c1-19(29-23,18(26)27)16-5-3-12-10-13(2-4-14(12)28-16)17-24-15-11-20(22)6-8-21(15,25-17)9-7-20;2*1-2/h2,4,10,15-16H,3,5-9,11,22-23H2,1H3,(H,24,25)(H,26,27);1-2H3;1H3. The highest BCUT2D eigenvalue weighted by Crippen LogP contribution is 2.49. The Kier molecular flexibility index (Phi) is 7.36. The maximum atomic E-state index is 11.6. The number of rotatable bonds is 4. The molecule has 184 valence electrons. The Labute approximate surface area is 194 Å². The minimum absolute atomic E-state index is 0.0480. The van der Waals surface area contributed by atoms with Crippen LogP contribution < -0.4 is 21.7 Å². The molecule has 1 aromatic carbocycles. The number of alkyl halides is 1. The van der Waals surface area contributed by atoms with E-state index in [9.17, 15) is 14.3 Å². The number of aliphatic carboxylic acids is 1. The highest BCUT2D eigenvalue weighted by atomic mass is 19.1. The molecule has 0 saturated heterocycles. The van der Waals surface area contributed by atoms with Crippen molar-refractivity contribution in [1.82, 2.24) is 5.32 Å². The van der Waals surface area contributed by atoms with E-state index in [-0.39, 0.29) is 17.1 Å². The first kappa shape index (κ1) is 25.4. The SMILES string of the molecule is CC.CC(ON)(C(=O)O)C1CCc2cc(C3=NC4CC5(N)CCC4(CC5)N3)ccc2O1.CF. The molecule has 1 aromatic rings. The third kappa shape index (κ3) is 4.34. The largest absolute Gasteiger partial charge is 0.486 e. The van der Waals surface area contributed by atoms with E-state index in [2.05, 4.69) is 11.4 Å². The van der Waals surface area contributed by atoms with E-state index in [4.69, 9.17) is 26.2 Å². The minimum Gasteiger partial charge on any atom is -0.486 e. The Balaban J connectivity index is 0.000000728. The monoisotopic (exact) mass is 464 g/mol. The van der Waals surface area contributed by atoms with E-state index < -0.39 is 17.7 Å². The van der Waals surface area contributed by atoms with Crippen LogP contribution in [0.15, 0.2) is 23.2 Å². The molecule has 8 nitrogen and oxygen atoms in total. The quantitative estimate of drug-likeness (QED) is 0.504. The van der Waals surface area contributed by atoms with Crippen LogP contribution >= 0.6 is 0 Å². The fraction of sp³-hybridized carbons (Fsp3) is 0.667. The van der Waals surface area contributed by atoms with Gasteiger partial charge in [-0.3, -0.25) is 14.2 Å². The molecule has 0 amide bonds. The lowest BCUT2D eigenvalue weighted by molar-refractivity contribution is -0.179. The van der Waals surface area contributed by atoms with Crippen molar-refractivity contribution in [2.45, 2.75) is 94.5 Å². The van der Waals surface area contributed by atoms with Gasteiger partial charge in [-0.2, -0.15) is 0 Å². The zero-order valence-electron chi connectivity index (χ0n) is 20.0. The molecular weight excluding hydrogens is 427 g/mol. The van der Waals surface area contributed by atoms with Crippen LogP contribution in [0.3, 0.4) is 0 Å². The first-order chi connectivity index (χ1) is 15.8. The van der Waals surface area contributed by atoms with Gasteiger partial charge in [0.25, 0.3) is 0 Å². The van der Waals surface area contributed by atoms with E-state index in [0.29, 0.717) is 25.8 Å². The van der Waals surface area contributed by atoms with Crippen LogP contribution in [0.5, 0.6) is 5.75 Å². The van der Waals surface area contributed by atoms with Crippen molar-refractivity contribution in [2.24, 2.45) is 16.6 Å². The average molecular weight is 465 g/mol. The summed E-state index contributed by atoms with van der Waals surface area (Å²) in [6.45, 7) is 5.44. The number of nitrogens with two attached hydrogens (primary N) is 2. The number of carbonyl (C=O) groups is 1. The van der Waals surface area contributed by atoms with Crippen molar-refractivity contribution < 1.29 is 23.9 Å². The summed E-state index contributed by atoms with van der Waals surface area (Å²) in [5.41, 5.74) is 7.05. The van der Waals surface area contributed by atoms with Gasteiger partial charge in [0, 0.05) is 11.1 Å². The van der Waals surface area contributed by atoms with Gasteiger partial charge >= 0.3 is 5.97 Å². The lowest BCUT2D eigenvalue weighted by atomic mass is 9.60. The molecule has 1 spiro atoms. The van der Waals surface area contributed by atoms with E-state index in [1.54, 1.807) is 0 Å². The van der Waals surface area contributed by atoms with Crippen LogP contribution in [0, 0.1) is 0 Å². The molecule has 2 bridgehead atoms. The summed E-state index contributed by atoms with van der Waals surface area (Å²) in [5, 5.41) is 13.2. The number of fused-ring (bicyclic) bond motifs is 3. The lowest BCUT2D eigenvalue weighted by Crippen LogP contribution is -2.65. The van der Waals surface area contributed by atoms with Crippen molar-refractivity contribution in [3.05, 3.63) is 29.3 Å². The van der Waals surface area contributed by atoms with E-state index in [0.717, 1.165) is 49.1 Å². The van der Waals surface area contributed by atoms with Crippen LogP contribution in [-0.4, -0.2) is 52.9 Å². The van der Waals surface area contributed by atoms with E-state index in [1.807, 2.05) is 26.0 Å². The highest BCUT2D eigenvalue weighted by molar-refractivity contribution is 6.01. The number of ether oxygens (including phenoxy) is 1. The number of aliphatic imine (C=N–C) groups is 1. The molecule has 3 fully saturated rings. The third-order valence-corrected chi connectivity index (χ3v) is 7.59. The summed E-state index contributed by atoms with van der Waals surface area (Å²) in [7, 11) is 0.500. The Bertz CT molecular complexity index is 900. The third-order valence-electron chi connectivity index (χ3n) is 7.59. The molecule has 3 atom stereocenters. The van der Waals surface area contributed by atoms with Crippen molar-refractivity contribution in [3.8, 4) is 5.75 Å². The van der Waals surface area contributed by atoms with Crippen LogP contribution in [0.1, 0.15) is 70.4 Å². The number of carboxylic acids is 1. The smallest absolute Gasteiger partial charge is 0.341 e. The maximum Gasteiger partial charge on any atom is 0.341 e. The molecule has 0 radical (unpaired) electrons. The lowest BCUT2D eigenvalue weighted by Gasteiger charge is -2.52. The first-order valence-electron chi connectivity index (χ1n) is 11.7. The van der Waals surface area contributed by atoms with Crippen molar-refractivity contribution >= 4 is 11.8 Å². The summed E-state index contributed by atoms with van der Waals surface area (Å²) in [6, 6.07) is 6.21. The maximum absolute atomic E-state index is 11.6. The predicted molar refractivity (Wildman–Crippen MR) is 125 cm³/mol. The second kappa shape index (κ2) is 9.56. The van der Waals surface area contributed by atoms with Crippen LogP contribution in [0.25, 0.3) is 0 Å². The summed E-state index contributed by atoms with van der Waals surface area (Å²) < 4.78 is 15.5. The molecule has 2 heterocycles. The van der Waals surface area contributed by atoms with Crippen molar-refractivity contribution in [3.63, 3.8) is 0 Å². The van der Waals surface area contributed by atoms with Gasteiger partial charge in [0.1, 0.15) is 17.7 Å². The molecular formula is C24H37FN4O4. The number of nitrogens with one attached hydrogen (secondary N) is 1. The molecule has 3 unspecified atom stereocenters. The summed E-state index contributed by atoms with van der Waals surface area (Å²) in [4.78, 5) is 21.4. The number of nitrogens with zero attached hydrogens (tertiary/aromatic N) is 1. The van der Waals surface area contributed by atoms with Gasteiger partial charge in [0.05, 0.1) is 18.8 Å². The first-order valence-corrected chi connectivity index (χ1v) is 11.7. The Hall–Kier alpha value is -2.23. The number of aryl methyl sites for hydroxylation is 1. The Morgan fingerprint density at radius 3 is 2.58 bits per heavy atom. The number of halogens is 1. The zero-order chi connectivity index (χ0) is 24.4. The Morgan fingerprint density at radius 1 is 1.30 bits per heavy atom. The van der Waals surface area contributed by atoms with Gasteiger partial charge in [-0.1, -0.05) is 13.8 Å². The summed E-state index contributed by atoms with van der Waals surface area (Å²) in [6.07, 6.45) is 5.77. The van der Waals surface area contributed by atoms with E-state index >= 15 is 0 Å². The second-order valence-electron chi connectivity index (χ2n) is 9.34. The van der Waals surface area contributed by atoms with Gasteiger partial charge in [0.15, 0.2) is 0 Å². The number of carboxylic acid groups (broad SMARTS) is 1. The van der Waals surface area contributed by atoms with Crippen LogP contribution in [0.2, 0.25) is 0 Å². The fourth-order valence-corrected chi connectivity index (χ4v) is 5.45. The molecule has 9 heteroatoms. The topological polar surface area (TPSA) is 132 Å². The summed E-state index contributed by atoms with van der Waals surface area (Å²) in [5.74, 6) is 5.74. The van der Waals surface area contributed by atoms with E-state index in [1.165, 1.54) is 6.92 Å². The van der Waals surface area contributed by atoms with Crippen LogP contribution in [-0.2, 0) is 16.1 Å². The minimum atomic E-state index is -1.58. The molecule has 0 aromatic heterocycles. The fourth-order valence-electron chi connectivity index (χ4n) is 5.45. The molecule has 6 N–H and O–H groups in total. The summed E-state index contributed by atoms with van der Waals surface area (Å²) >= 11 is 0. The molecule has 33 heavy (non-hydrogen) atoms. The highest BCUT2D eigenvalue weighted by Gasteiger charge is 2.56. The normalized spacial score (nSPS) is 32.8. The number of hydrogen-bond acceptors (Lipinski definition) is 7. The van der Waals surface area contributed by atoms with Gasteiger partial charge in [-0.25, -0.2) is 10.7 Å². The van der Waals surface area contributed by atoms with Gasteiger partial charge in [0.2, 0.25) is 5.60 Å². The molecule has 2 aliphatic heterocycles. The molecule has 3 saturated carbocycles. The number of amidine groups is 1. The van der Waals surface area contributed by atoms with Crippen LogP contribution in [0.4, 0.5) is 4.39 Å². The second-order valence-corrected chi connectivity index (χ2v) is 9.34. The van der Waals surface area contributed by atoms with Gasteiger partial charge < -0.3 is 20.9 Å². The van der Waals surface area contributed by atoms with Crippen molar-refractivity contribution in [1.29, 1.82) is 0 Å². The van der Waals surface area contributed by atoms with Crippen molar-refractivity contribution in [2.75, 3.05) is 7.18 Å². The Morgan fingerprint density at radius 2 is 1.97 bits per heavy atom. The number of hydrogen-bond donors (Lipinski definition) is 4. The molecule has 6 rings (SSSR count). The molecule has 5 aliphatic rings. The predicted octanol–water partition coefficient (Wildman–Crippen LogP) is 2.86. The van der Waals surface area contributed by atoms with Gasteiger partial charge in [-0.15, -0.1) is 0 Å². The number of benzene rings is 1. The average Bonchev–Trinajstić information content (AvgIpc) is 3.23. The zero-order valence-corrected chi connectivity index (χ0v) is 20.0. The molecule has 3 aliphatic carbocycles. The van der Waals surface area contributed by atoms with Gasteiger partial charge in [-0.05, 0) is 75.6 Å².